The SMILES string of the molecule is CC[C@H](N)C(=O)N(CC)CC1CCCO1. The highest BCUT2D eigenvalue weighted by Crippen LogP contribution is 2.13. The van der Waals surface area contributed by atoms with E-state index in [0.717, 1.165) is 19.4 Å². The van der Waals surface area contributed by atoms with Crippen LogP contribution in [0, 0.1) is 0 Å². The van der Waals surface area contributed by atoms with Crippen LogP contribution in [0.25, 0.3) is 0 Å². The van der Waals surface area contributed by atoms with Gasteiger partial charge in [-0.05, 0) is 26.2 Å². The van der Waals surface area contributed by atoms with Crippen LogP contribution in [0.5, 0.6) is 0 Å². The van der Waals surface area contributed by atoms with Gasteiger partial charge in [0.1, 0.15) is 0 Å². The summed E-state index contributed by atoms with van der Waals surface area (Å²) in [6.45, 7) is 6.16. The van der Waals surface area contributed by atoms with Gasteiger partial charge in [0, 0.05) is 19.7 Å². The first-order chi connectivity index (χ1) is 7.19. The minimum atomic E-state index is -0.355. The molecule has 1 unspecified atom stereocenters. The number of hydrogen-bond acceptors (Lipinski definition) is 3. The first-order valence-electron chi connectivity index (χ1n) is 5.85. The molecule has 4 heteroatoms. The predicted molar refractivity (Wildman–Crippen MR) is 59.5 cm³/mol. The van der Waals surface area contributed by atoms with Crippen LogP contribution in [-0.4, -0.2) is 42.6 Å². The maximum atomic E-state index is 11.8. The van der Waals surface area contributed by atoms with E-state index in [1.807, 2.05) is 18.7 Å². The molecule has 0 bridgehead atoms. The highest BCUT2D eigenvalue weighted by molar-refractivity contribution is 5.81. The van der Waals surface area contributed by atoms with Crippen LogP contribution < -0.4 is 5.73 Å². The minimum Gasteiger partial charge on any atom is -0.376 e. The molecule has 0 radical (unpaired) electrons. The fourth-order valence-electron chi connectivity index (χ4n) is 1.82. The van der Waals surface area contributed by atoms with Gasteiger partial charge in [0.2, 0.25) is 5.91 Å². The summed E-state index contributed by atoms with van der Waals surface area (Å²) in [6.07, 6.45) is 3.08. The highest BCUT2D eigenvalue weighted by atomic mass is 16.5. The van der Waals surface area contributed by atoms with Crippen molar-refractivity contribution in [1.82, 2.24) is 4.90 Å². The first-order valence-corrected chi connectivity index (χ1v) is 5.85. The van der Waals surface area contributed by atoms with Gasteiger partial charge in [-0.2, -0.15) is 0 Å². The second kappa shape index (κ2) is 6.08. The van der Waals surface area contributed by atoms with Crippen LogP contribution in [0.1, 0.15) is 33.1 Å². The summed E-state index contributed by atoms with van der Waals surface area (Å²) in [4.78, 5) is 13.6. The van der Waals surface area contributed by atoms with E-state index in [2.05, 4.69) is 0 Å². The number of carbonyl (C=O) groups excluding carboxylic acids is 1. The van der Waals surface area contributed by atoms with Crippen molar-refractivity contribution in [2.75, 3.05) is 19.7 Å². The number of nitrogens with zero attached hydrogens (tertiary/aromatic N) is 1. The summed E-state index contributed by atoms with van der Waals surface area (Å²) in [7, 11) is 0. The van der Waals surface area contributed by atoms with Gasteiger partial charge >= 0.3 is 0 Å². The van der Waals surface area contributed by atoms with Crippen LogP contribution >= 0.6 is 0 Å². The number of hydrogen-bond donors (Lipinski definition) is 1. The van der Waals surface area contributed by atoms with Crippen molar-refractivity contribution >= 4 is 5.91 Å². The Kier molecular flexibility index (Phi) is 5.05. The summed E-state index contributed by atoms with van der Waals surface area (Å²) < 4.78 is 5.51. The maximum absolute atomic E-state index is 11.8. The third-order valence-corrected chi connectivity index (χ3v) is 2.90. The third kappa shape index (κ3) is 3.47. The maximum Gasteiger partial charge on any atom is 0.239 e. The lowest BCUT2D eigenvalue weighted by Crippen LogP contribution is -2.46. The third-order valence-electron chi connectivity index (χ3n) is 2.90. The van der Waals surface area contributed by atoms with Gasteiger partial charge in [0.15, 0.2) is 0 Å². The molecular formula is C11H22N2O2. The Morgan fingerprint density at radius 2 is 2.33 bits per heavy atom. The largest absolute Gasteiger partial charge is 0.376 e. The summed E-state index contributed by atoms with van der Waals surface area (Å²) >= 11 is 0. The average molecular weight is 214 g/mol. The number of nitrogens with two attached hydrogens (primary N) is 1. The van der Waals surface area contributed by atoms with Crippen molar-refractivity contribution in [2.45, 2.75) is 45.3 Å². The monoisotopic (exact) mass is 214 g/mol. The first kappa shape index (κ1) is 12.5. The molecule has 0 aromatic carbocycles. The molecular weight excluding hydrogens is 192 g/mol. The molecule has 88 valence electrons. The summed E-state index contributed by atoms with van der Waals surface area (Å²) in [5, 5.41) is 0. The molecule has 1 aliphatic rings. The van der Waals surface area contributed by atoms with E-state index < -0.39 is 0 Å². The molecule has 1 rings (SSSR count). The zero-order valence-electron chi connectivity index (χ0n) is 9.74. The van der Waals surface area contributed by atoms with Crippen molar-refractivity contribution in [1.29, 1.82) is 0 Å². The lowest BCUT2D eigenvalue weighted by Gasteiger charge is -2.26. The smallest absolute Gasteiger partial charge is 0.239 e. The van der Waals surface area contributed by atoms with Gasteiger partial charge in [-0.15, -0.1) is 0 Å². The predicted octanol–water partition coefficient (Wildman–Crippen LogP) is 0.751. The molecule has 2 N–H and O–H groups in total. The Morgan fingerprint density at radius 3 is 2.80 bits per heavy atom. The van der Waals surface area contributed by atoms with E-state index in [4.69, 9.17) is 10.5 Å². The summed E-state index contributed by atoms with van der Waals surface area (Å²) in [5.41, 5.74) is 5.74. The van der Waals surface area contributed by atoms with Gasteiger partial charge in [0.05, 0.1) is 12.1 Å². The van der Waals surface area contributed by atoms with Crippen molar-refractivity contribution in [3.8, 4) is 0 Å². The normalized spacial score (nSPS) is 22.7. The highest BCUT2D eigenvalue weighted by Gasteiger charge is 2.23. The average Bonchev–Trinajstić information content (AvgIpc) is 2.76. The summed E-state index contributed by atoms with van der Waals surface area (Å²) in [6, 6.07) is -0.355. The minimum absolute atomic E-state index is 0.0514. The fourth-order valence-corrected chi connectivity index (χ4v) is 1.82. The van der Waals surface area contributed by atoms with Crippen molar-refractivity contribution in [2.24, 2.45) is 5.73 Å². The molecule has 1 aliphatic heterocycles. The molecule has 0 aliphatic carbocycles. The zero-order chi connectivity index (χ0) is 11.3. The Morgan fingerprint density at radius 1 is 1.60 bits per heavy atom. The van der Waals surface area contributed by atoms with Crippen LogP contribution in [0.2, 0.25) is 0 Å². The molecule has 2 atom stereocenters. The van der Waals surface area contributed by atoms with E-state index in [-0.39, 0.29) is 18.1 Å². The Labute approximate surface area is 91.8 Å². The molecule has 0 aromatic rings. The van der Waals surface area contributed by atoms with Crippen molar-refractivity contribution < 1.29 is 9.53 Å². The standard InChI is InChI=1S/C11H22N2O2/c1-3-10(12)11(14)13(4-2)8-9-6-5-7-15-9/h9-10H,3-8,12H2,1-2H3/t9?,10-/m0/s1. The van der Waals surface area contributed by atoms with Crippen molar-refractivity contribution in [3.63, 3.8) is 0 Å². The van der Waals surface area contributed by atoms with E-state index >= 15 is 0 Å². The van der Waals surface area contributed by atoms with Crippen molar-refractivity contribution in [3.05, 3.63) is 0 Å². The van der Waals surface area contributed by atoms with Crippen LogP contribution in [-0.2, 0) is 9.53 Å². The molecule has 1 heterocycles. The lowest BCUT2D eigenvalue weighted by atomic mass is 10.2. The number of rotatable bonds is 5. The lowest BCUT2D eigenvalue weighted by molar-refractivity contribution is -0.134. The van der Waals surface area contributed by atoms with E-state index in [1.54, 1.807) is 0 Å². The number of ether oxygens (including phenoxy) is 1. The molecule has 0 saturated carbocycles. The van der Waals surface area contributed by atoms with Crippen LogP contribution in [0.4, 0.5) is 0 Å². The fraction of sp³-hybridized carbons (Fsp3) is 0.909. The van der Waals surface area contributed by atoms with E-state index in [9.17, 15) is 4.79 Å². The van der Waals surface area contributed by atoms with Gasteiger partial charge in [0.25, 0.3) is 0 Å². The topological polar surface area (TPSA) is 55.6 Å². The number of carbonyl (C=O) groups is 1. The van der Waals surface area contributed by atoms with Gasteiger partial charge in [-0.3, -0.25) is 4.79 Å². The molecule has 1 amide bonds. The van der Waals surface area contributed by atoms with Crippen LogP contribution in [0.15, 0.2) is 0 Å². The Balaban J connectivity index is 2.43. The zero-order valence-corrected chi connectivity index (χ0v) is 9.74. The number of amides is 1. The van der Waals surface area contributed by atoms with Gasteiger partial charge in [-0.1, -0.05) is 6.92 Å². The molecule has 4 nitrogen and oxygen atoms in total. The Hall–Kier alpha value is -0.610. The second-order valence-electron chi connectivity index (χ2n) is 4.03. The summed E-state index contributed by atoms with van der Waals surface area (Å²) in [5.74, 6) is 0.0514. The quantitative estimate of drug-likeness (QED) is 0.735. The molecule has 0 aromatic heterocycles. The number of likely N-dealkylation sites (N-methyl/N-ethyl adjacent to an activating group) is 1. The van der Waals surface area contributed by atoms with E-state index in [0.29, 0.717) is 19.5 Å². The van der Waals surface area contributed by atoms with Crippen LogP contribution in [0.3, 0.4) is 0 Å². The molecule has 1 fully saturated rings. The molecule has 1 saturated heterocycles. The molecule has 0 spiro atoms. The van der Waals surface area contributed by atoms with E-state index in [1.165, 1.54) is 0 Å². The molecule has 15 heavy (non-hydrogen) atoms. The second-order valence-corrected chi connectivity index (χ2v) is 4.03. The Bertz CT molecular complexity index is 203. The van der Waals surface area contributed by atoms with Gasteiger partial charge in [-0.25, -0.2) is 0 Å². The van der Waals surface area contributed by atoms with Gasteiger partial charge < -0.3 is 15.4 Å².